The zero-order valence-corrected chi connectivity index (χ0v) is 16.4. The van der Waals surface area contributed by atoms with E-state index in [2.05, 4.69) is 10.3 Å². The molecule has 154 valence electrons. The molecule has 3 aromatic rings. The second kappa shape index (κ2) is 8.69. The summed E-state index contributed by atoms with van der Waals surface area (Å²) in [6, 6.07) is 12.8. The number of aromatic nitrogens is 1. The minimum atomic E-state index is -4.43. The fourth-order valence-electron chi connectivity index (χ4n) is 3.43. The molecule has 0 fully saturated rings. The molecule has 1 aromatic heterocycles. The maximum atomic E-state index is 13.2. The van der Waals surface area contributed by atoms with Crippen LogP contribution in [0, 0.1) is 0 Å². The predicted octanol–water partition coefficient (Wildman–Crippen LogP) is 2.97. The number of quaternary nitrogens is 1. The number of para-hydroxylation sites is 1. The van der Waals surface area contributed by atoms with Crippen molar-refractivity contribution in [2.75, 3.05) is 27.2 Å². The number of benzene rings is 2. The first kappa shape index (κ1) is 20.9. The highest BCUT2D eigenvalue weighted by molar-refractivity contribution is 5.86. The summed E-state index contributed by atoms with van der Waals surface area (Å²) in [5.41, 5.74) is 1.46. The number of carbonyl (C=O) groups is 1. The van der Waals surface area contributed by atoms with Crippen LogP contribution in [0.3, 0.4) is 0 Å². The van der Waals surface area contributed by atoms with Crippen molar-refractivity contribution in [3.63, 3.8) is 0 Å². The lowest BCUT2D eigenvalue weighted by atomic mass is 9.87. The summed E-state index contributed by atoms with van der Waals surface area (Å²) in [6.45, 7) is 1.29. The van der Waals surface area contributed by atoms with E-state index in [4.69, 9.17) is 0 Å². The van der Waals surface area contributed by atoms with Gasteiger partial charge in [0.25, 0.3) is 0 Å². The van der Waals surface area contributed by atoms with E-state index in [1.165, 1.54) is 11.0 Å². The minimum absolute atomic E-state index is 0.0753. The Hall–Kier alpha value is -2.80. The molecule has 2 aromatic carbocycles. The number of likely N-dealkylation sites (N-methyl/N-ethyl adjacent to an activating group) is 1. The molecule has 1 amide bonds. The van der Waals surface area contributed by atoms with Crippen molar-refractivity contribution in [2.45, 2.75) is 18.5 Å². The van der Waals surface area contributed by atoms with Crippen LogP contribution in [0.1, 0.15) is 29.0 Å². The molecule has 1 heterocycles. The van der Waals surface area contributed by atoms with Gasteiger partial charge in [-0.1, -0.05) is 36.4 Å². The van der Waals surface area contributed by atoms with Gasteiger partial charge in [0.2, 0.25) is 5.91 Å². The second-order valence-corrected chi connectivity index (χ2v) is 7.48. The Kier molecular flexibility index (Phi) is 6.27. The first-order valence-corrected chi connectivity index (χ1v) is 9.54. The van der Waals surface area contributed by atoms with Gasteiger partial charge in [0.05, 0.1) is 32.7 Å². The number of nitrogens with one attached hydrogen (secondary N) is 3. The summed E-state index contributed by atoms with van der Waals surface area (Å²) < 4.78 is 39.7. The van der Waals surface area contributed by atoms with Gasteiger partial charge < -0.3 is 15.2 Å². The number of hydrogen-bond donors (Lipinski definition) is 3. The number of fused-ring (bicyclic) bond motifs is 1. The number of rotatable bonds is 7. The van der Waals surface area contributed by atoms with Crippen LogP contribution >= 0.6 is 0 Å². The Morgan fingerprint density at radius 1 is 1.14 bits per heavy atom. The number of halogens is 3. The van der Waals surface area contributed by atoms with Gasteiger partial charge >= 0.3 is 6.18 Å². The lowest BCUT2D eigenvalue weighted by Crippen LogP contribution is -3.06. The van der Waals surface area contributed by atoms with Crippen molar-refractivity contribution in [1.82, 2.24) is 10.3 Å². The average molecular weight is 404 g/mol. The Bertz CT molecular complexity index is 979. The molecule has 0 radical (unpaired) electrons. The van der Waals surface area contributed by atoms with E-state index in [9.17, 15) is 18.0 Å². The van der Waals surface area contributed by atoms with Crippen LogP contribution < -0.4 is 10.2 Å². The lowest BCUT2D eigenvalue weighted by molar-refractivity contribution is -0.856. The third-order valence-electron chi connectivity index (χ3n) is 4.95. The number of aromatic amines is 1. The highest BCUT2D eigenvalue weighted by atomic mass is 19.4. The normalized spacial score (nSPS) is 13.0. The summed E-state index contributed by atoms with van der Waals surface area (Å²) in [5, 5.41) is 3.78. The molecule has 7 heteroatoms. The molecule has 4 nitrogen and oxygen atoms in total. The van der Waals surface area contributed by atoms with E-state index in [1.54, 1.807) is 12.3 Å². The Morgan fingerprint density at radius 3 is 2.62 bits per heavy atom. The summed E-state index contributed by atoms with van der Waals surface area (Å²) >= 11 is 0. The molecule has 3 N–H and O–H groups in total. The van der Waals surface area contributed by atoms with E-state index in [0.717, 1.165) is 35.1 Å². The second-order valence-electron chi connectivity index (χ2n) is 7.48. The van der Waals surface area contributed by atoms with Crippen molar-refractivity contribution in [3.05, 3.63) is 71.4 Å². The van der Waals surface area contributed by atoms with Crippen LogP contribution in [0.15, 0.2) is 54.7 Å². The summed E-state index contributed by atoms with van der Waals surface area (Å²) in [7, 11) is 3.98. The number of alkyl halides is 3. The van der Waals surface area contributed by atoms with Crippen molar-refractivity contribution in [1.29, 1.82) is 0 Å². The third kappa shape index (κ3) is 5.17. The van der Waals surface area contributed by atoms with Crippen LogP contribution in [0.25, 0.3) is 10.9 Å². The monoisotopic (exact) mass is 404 g/mol. The van der Waals surface area contributed by atoms with Gasteiger partial charge in [-0.15, -0.1) is 0 Å². The number of carbonyl (C=O) groups excluding carboxylic acids is 1. The Morgan fingerprint density at radius 2 is 1.90 bits per heavy atom. The van der Waals surface area contributed by atoms with Crippen molar-refractivity contribution >= 4 is 16.8 Å². The standard InChI is InChI=1S/C22H24F3N3O/c1-28(2)11-10-26-21(29)13-18(15-6-5-7-16(12-15)22(23,24)25)19-14-27-20-9-4-3-8-17(19)20/h3-9,12,14,18,27H,10-11,13H2,1-2H3,(H,26,29)/p+1/t18-/m0/s1. The molecule has 0 spiro atoms. The van der Waals surface area contributed by atoms with Gasteiger partial charge in [0, 0.05) is 29.4 Å². The van der Waals surface area contributed by atoms with Gasteiger partial charge in [-0.25, -0.2) is 0 Å². The van der Waals surface area contributed by atoms with Gasteiger partial charge in [-0.2, -0.15) is 13.2 Å². The van der Waals surface area contributed by atoms with Gasteiger partial charge in [0.15, 0.2) is 0 Å². The fourth-order valence-corrected chi connectivity index (χ4v) is 3.43. The zero-order valence-electron chi connectivity index (χ0n) is 16.4. The molecular weight excluding hydrogens is 379 g/mol. The molecule has 0 saturated heterocycles. The molecule has 0 aliphatic heterocycles. The Labute approximate surface area is 167 Å². The van der Waals surface area contributed by atoms with Crippen molar-refractivity contribution < 1.29 is 22.9 Å². The van der Waals surface area contributed by atoms with Gasteiger partial charge in [0.1, 0.15) is 0 Å². The maximum absolute atomic E-state index is 13.2. The summed E-state index contributed by atoms with van der Waals surface area (Å²) in [4.78, 5) is 16.9. The molecule has 0 aliphatic carbocycles. The van der Waals surface area contributed by atoms with E-state index >= 15 is 0 Å². The van der Waals surface area contributed by atoms with Crippen molar-refractivity contribution in [3.8, 4) is 0 Å². The quantitative estimate of drug-likeness (QED) is 0.557. The molecule has 0 saturated carbocycles. The summed E-state index contributed by atoms with van der Waals surface area (Å²) in [5.74, 6) is -0.668. The molecule has 0 unspecified atom stereocenters. The van der Waals surface area contributed by atoms with Crippen LogP contribution in [0.4, 0.5) is 13.2 Å². The van der Waals surface area contributed by atoms with Crippen LogP contribution in [-0.2, 0) is 11.0 Å². The SMILES string of the molecule is C[NH+](C)CCNC(=O)C[C@@H](c1cccc(C(F)(F)F)c1)c1c[nH]c2ccccc12. The van der Waals surface area contributed by atoms with Crippen LogP contribution in [0.5, 0.6) is 0 Å². The number of hydrogen-bond acceptors (Lipinski definition) is 1. The van der Waals surface area contributed by atoms with Gasteiger partial charge in [-0.05, 0) is 23.3 Å². The van der Waals surface area contributed by atoms with Gasteiger partial charge in [-0.3, -0.25) is 4.79 Å². The van der Waals surface area contributed by atoms with E-state index in [1.807, 2.05) is 38.4 Å². The molecule has 1 atom stereocenters. The minimum Gasteiger partial charge on any atom is -0.361 e. The fraction of sp³-hybridized carbons (Fsp3) is 0.318. The molecular formula is C22H25F3N3O+. The average Bonchev–Trinajstić information content (AvgIpc) is 3.09. The zero-order chi connectivity index (χ0) is 21.0. The van der Waals surface area contributed by atoms with Crippen LogP contribution in [0.2, 0.25) is 0 Å². The highest BCUT2D eigenvalue weighted by Crippen LogP contribution is 2.36. The van der Waals surface area contributed by atoms with Crippen LogP contribution in [-0.4, -0.2) is 38.1 Å². The third-order valence-corrected chi connectivity index (χ3v) is 4.95. The molecule has 29 heavy (non-hydrogen) atoms. The topological polar surface area (TPSA) is 49.3 Å². The number of amides is 1. The molecule has 0 aliphatic rings. The summed E-state index contributed by atoms with van der Waals surface area (Å²) in [6.07, 6.45) is -2.57. The first-order valence-electron chi connectivity index (χ1n) is 9.54. The maximum Gasteiger partial charge on any atom is 0.416 e. The predicted molar refractivity (Wildman–Crippen MR) is 107 cm³/mol. The molecule has 0 bridgehead atoms. The number of H-pyrrole nitrogens is 1. The van der Waals surface area contributed by atoms with E-state index in [0.29, 0.717) is 12.1 Å². The molecule has 3 rings (SSSR count). The van der Waals surface area contributed by atoms with E-state index < -0.39 is 17.7 Å². The Balaban J connectivity index is 1.95. The smallest absolute Gasteiger partial charge is 0.361 e. The lowest BCUT2D eigenvalue weighted by Gasteiger charge is -2.19. The van der Waals surface area contributed by atoms with E-state index in [-0.39, 0.29) is 12.3 Å². The largest absolute Gasteiger partial charge is 0.416 e. The van der Waals surface area contributed by atoms with Crippen molar-refractivity contribution in [2.24, 2.45) is 0 Å². The highest BCUT2D eigenvalue weighted by Gasteiger charge is 2.31. The first-order chi connectivity index (χ1) is 13.8.